The molecule has 0 aliphatic carbocycles. The number of ether oxygens (including phenoxy) is 2. The number of aliphatic hydroxyl groups excluding tert-OH is 1. The molecule has 74 valence electrons. The van der Waals surface area contributed by atoms with Crippen molar-refractivity contribution in [2.24, 2.45) is 4.99 Å². The van der Waals surface area contributed by atoms with Gasteiger partial charge in [0.1, 0.15) is 5.60 Å². The fraction of sp³-hybridized carbons (Fsp3) is 0.667. The van der Waals surface area contributed by atoms with Crippen molar-refractivity contribution in [3.8, 4) is 0 Å². The largest absolute Gasteiger partial charge is 0.481 e. The van der Waals surface area contributed by atoms with E-state index in [0.29, 0.717) is 12.5 Å². The van der Waals surface area contributed by atoms with Crippen molar-refractivity contribution in [2.45, 2.75) is 25.7 Å². The molecule has 2 atom stereocenters. The predicted octanol–water partition coefficient (Wildman–Crippen LogP) is 0.715. The summed E-state index contributed by atoms with van der Waals surface area (Å²) in [6, 6.07) is 0. The van der Waals surface area contributed by atoms with E-state index in [1.807, 2.05) is 6.92 Å². The quantitative estimate of drug-likeness (QED) is 0.689. The normalized spacial score (nSPS) is 32.9. The molecule has 0 bridgehead atoms. The van der Waals surface area contributed by atoms with Gasteiger partial charge in [0, 0.05) is 6.61 Å². The molecule has 4 nitrogen and oxygen atoms in total. The third-order valence-corrected chi connectivity index (χ3v) is 1.98. The molecule has 0 aromatic rings. The number of aliphatic imine (C=N–C) groups is 1. The molecule has 1 aliphatic heterocycles. The van der Waals surface area contributed by atoms with Crippen LogP contribution in [0.3, 0.4) is 0 Å². The molecule has 13 heavy (non-hydrogen) atoms. The molecule has 0 fully saturated rings. The smallest absolute Gasteiger partial charge is 0.210 e. The molecule has 2 unspecified atom stereocenters. The first-order chi connectivity index (χ1) is 6.12. The lowest BCUT2D eigenvalue weighted by Crippen LogP contribution is -2.41. The number of nitrogens with zero attached hydrogens (tertiary/aromatic N) is 1. The molecule has 0 spiro atoms. The van der Waals surface area contributed by atoms with Crippen molar-refractivity contribution in [3.63, 3.8) is 0 Å². The molecule has 0 radical (unpaired) electrons. The Labute approximate surface area is 77.9 Å². The van der Waals surface area contributed by atoms with Gasteiger partial charge in [-0.05, 0) is 26.0 Å². The van der Waals surface area contributed by atoms with Gasteiger partial charge in [0.15, 0.2) is 6.23 Å². The van der Waals surface area contributed by atoms with E-state index < -0.39 is 11.8 Å². The summed E-state index contributed by atoms with van der Waals surface area (Å²) in [5.41, 5.74) is -0.725. The first kappa shape index (κ1) is 10.2. The highest BCUT2D eigenvalue weighted by Crippen LogP contribution is 2.22. The zero-order valence-corrected chi connectivity index (χ0v) is 8.15. The highest BCUT2D eigenvalue weighted by atomic mass is 16.5. The zero-order valence-electron chi connectivity index (χ0n) is 8.15. The summed E-state index contributed by atoms with van der Waals surface area (Å²) in [4.78, 5) is 3.91. The summed E-state index contributed by atoms with van der Waals surface area (Å²) < 4.78 is 10.3. The lowest BCUT2D eigenvalue weighted by Gasteiger charge is -2.31. The van der Waals surface area contributed by atoms with Crippen molar-refractivity contribution in [2.75, 3.05) is 13.7 Å². The minimum absolute atomic E-state index is 0.421. The van der Waals surface area contributed by atoms with Crippen LogP contribution in [-0.4, -0.2) is 36.5 Å². The Hall–Kier alpha value is -0.870. The van der Waals surface area contributed by atoms with E-state index in [1.165, 1.54) is 7.11 Å². The fourth-order valence-electron chi connectivity index (χ4n) is 1.17. The maximum Gasteiger partial charge on any atom is 0.210 e. The minimum Gasteiger partial charge on any atom is -0.481 e. The van der Waals surface area contributed by atoms with Gasteiger partial charge in [-0.1, -0.05) is 0 Å². The van der Waals surface area contributed by atoms with Crippen molar-refractivity contribution in [1.29, 1.82) is 0 Å². The second-order valence-corrected chi connectivity index (χ2v) is 3.00. The van der Waals surface area contributed by atoms with E-state index in [9.17, 15) is 5.11 Å². The molecule has 1 N–H and O–H groups in total. The summed E-state index contributed by atoms with van der Waals surface area (Å²) in [7, 11) is 1.51. The average molecular weight is 185 g/mol. The van der Waals surface area contributed by atoms with Crippen molar-refractivity contribution < 1.29 is 14.6 Å². The van der Waals surface area contributed by atoms with Gasteiger partial charge >= 0.3 is 0 Å². The summed E-state index contributed by atoms with van der Waals surface area (Å²) in [6.45, 7) is 4.20. The van der Waals surface area contributed by atoms with E-state index >= 15 is 0 Å². The molecule has 0 saturated carbocycles. The van der Waals surface area contributed by atoms with Crippen LogP contribution in [0.1, 0.15) is 13.8 Å². The number of dihydropyridines is 1. The van der Waals surface area contributed by atoms with Crippen LogP contribution in [-0.2, 0) is 9.47 Å². The molecule has 1 heterocycles. The first-order valence-corrected chi connectivity index (χ1v) is 4.25. The van der Waals surface area contributed by atoms with Gasteiger partial charge in [-0.25, -0.2) is 4.99 Å². The highest BCUT2D eigenvalue weighted by Gasteiger charge is 2.33. The summed E-state index contributed by atoms with van der Waals surface area (Å²) in [5, 5.41) is 9.62. The van der Waals surface area contributed by atoms with Crippen LogP contribution in [0, 0.1) is 0 Å². The maximum atomic E-state index is 9.62. The van der Waals surface area contributed by atoms with Crippen LogP contribution >= 0.6 is 0 Å². The van der Waals surface area contributed by atoms with Crippen LogP contribution < -0.4 is 0 Å². The van der Waals surface area contributed by atoms with Gasteiger partial charge in [0.25, 0.3) is 0 Å². The third kappa shape index (κ3) is 2.08. The van der Waals surface area contributed by atoms with Gasteiger partial charge in [-0.15, -0.1) is 0 Å². The summed E-state index contributed by atoms with van der Waals surface area (Å²) in [5.74, 6) is 0.421. The van der Waals surface area contributed by atoms with E-state index in [-0.39, 0.29) is 0 Å². The molecule has 0 aromatic heterocycles. The Kier molecular flexibility index (Phi) is 3.06. The van der Waals surface area contributed by atoms with Gasteiger partial charge < -0.3 is 14.6 Å². The molecular formula is C9H15NO3. The molecule has 1 aliphatic rings. The van der Waals surface area contributed by atoms with Crippen LogP contribution in [0.5, 0.6) is 0 Å². The van der Waals surface area contributed by atoms with Crippen LogP contribution in [0.2, 0.25) is 0 Å². The lowest BCUT2D eigenvalue weighted by atomic mass is 10.0. The molecule has 0 saturated heterocycles. The second kappa shape index (κ2) is 3.89. The predicted molar refractivity (Wildman–Crippen MR) is 49.6 cm³/mol. The Balaban J connectivity index is 2.75. The van der Waals surface area contributed by atoms with Gasteiger partial charge in [-0.3, -0.25) is 0 Å². The van der Waals surface area contributed by atoms with Crippen LogP contribution in [0.25, 0.3) is 0 Å². The molecule has 0 aromatic carbocycles. The average Bonchev–Trinajstić information content (AvgIpc) is 2.11. The number of hydrogen-bond donors (Lipinski definition) is 1. The number of hydrogen-bond acceptors (Lipinski definition) is 4. The van der Waals surface area contributed by atoms with Gasteiger partial charge in [0.2, 0.25) is 5.90 Å². The topological polar surface area (TPSA) is 51.0 Å². The summed E-state index contributed by atoms with van der Waals surface area (Å²) >= 11 is 0. The monoisotopic (exact) mass is 185 g/mol. The Bertz CT molecular complexity index is 237. The molecule has 0 amide bonds. The highest BCUT2D eigenvalue weighted by molar-refractivity contribution is 5.88. The number of aliphatic hydroxyl groups is 1. The zero-order chi connectivity index (χ0) is 9.90. The van der Waals surface area contributed by atoms with Gasteiger partial charge in [0.05, 0.1) is 7.11 Å². The number of rotatable bonds is 2. The van der Waals surface area contributed by atoms with E-state index in [1.54, 1.807) is 19.1 Å². The standard InChI is InChI=1S/C9H15NO3/c1-4-13-9(2)6-5-7(12-3)10-8(9)11/h5-6,8,11H,4H2,1-3H3. The molecular weight excluding hydrogens is 170 g/mol. The first-order valence-electron chi connectivity index (χ1n) is 4.25. The van der Waals surface area contributed by atoms with Crippen LogP contribution in [0.4, 0.5) is 0 Å². The fourth-order valence-corrected chi connectivity index (χ4v) is 1.17. The van der Waals surface area contributed by atoms with E-state index in [2.05, 4.69) is 4.99 Å². The third-order valence-electron chi connectivity index (χ3n) is 1.98. The Morgan fingerprint density at radius 1 is 1.69 bits per heavy atom. The van der Waals surface area contributed by atoms with Crippen LogP contribution in [0.15, 0.2) is 17.1 Å². The minimum atomic E-state index is -0.896. The molecule has 1 rings (SSSR count). The van der Waals surface area contributed by atoms with Gasteiger partial charge in [-0.2, -0.15) is 0 Å². The maximum absolute atomic E-state index is 9.62. The van der Waals surface area contributed by atoms with Crippen molar-refractivity contribution >= 4 is 5.90 Å². The van der Waals surface area contributed by atoms with Crippen molar-refractivity contribution in [1.82, 2.24) is 0 Å². The molecule has 4 heteroatoms. The van der Waals surface area contributed by atoms with E-state index in [0.717, 1.165) is 0 Å². The Morgan fingerprint density at radius 2 is 2.38 bits per heavy atom. The Morgan fingerprint density at radius 3 is 2.85 bits per heavy atom. The SMILES string of the molecule is CCOC1(C)C=CC(OC)=NC1O. The van der Waals surface area contributed by atoms with E-state index in [4.69, 9.17) is 9.47 Å². The second-order valence-electron chi connectivity index (χ2n) is 3.00. The number of methoxy groups -OCH3 is 1. The summed E-state index contributed by atoms with van der Waals surface area (Å²) in [6.07, 6.45) is 2.56. The van der Waals surface area contributed by atoms with Crippen molar-refractivity contribution in [3.05, 3.63) is 12.2 Å². The lowest BCUT2D eigenvalue weighted by molar-refractivity contribution is -0.0742.